The molecule has 2 aromatic heterocycles. The summed E-state index contributed by atoms with van der Waals surface area (Å²) < 4.78 is 47.4. The Bertz CT molecular complexity index is 1120. The van der Waals surface area contributed by atoms with Crippen molar-refractivity contribution >= 4 is 0 Å². The standard InChI is InChI=1S/C20H18F3N5O2/c21-20(22,23)12-2-1-3-14(8-12)30-15-9-13(10-15)28-19(29)27-17(4-5-18(27)26-28)16-11-24-6-7-25-16/h1-3,6-8,11,13,15,17H,4-5,9-10H2/t13?,15?,17-/m0/s1. The molecule has 0 radical (unpaired) electrons. The van der Waals surface area contributed by atoms with Gasteiger partial charge in [0, 0.05) is 31.7 Å². The molecule has 5 rings (SSSR count). The lowest BCUT2D eigenvalue weighted by molar-refractivity contribution is -0.137. The summed E-state index contributed by atoms with van der Waals surface area (Å²) in [4.78, 5) is 21.3. The number of alkyl halides is 3. The highest BCUT2D eigenvalue weighted by molar-refractivity contribution is 5.30. The molecule has 1 fully saturated rings. The molecule has 30 heavy (non-hydrogen) atoms. The molecule has 1 atom stereocenters. The van der Waals surface area contributed by atoms with Gasteiger partial charge in [-0.25, -0.2) is 9.48 Å². The molecule has 0 saturated heterocycles. The van der Waals surface area contributed by atoms with Crippen LogP contribution in [0.2, 0.25) is 0 Å². The van der Waals surface area contributed by atoms with E-state index < -0.39 is 11.7 Å². The lowest BCUT2D eigenvalue weighted by Gasteiger charge is -2.34. The van der Waals surface area contributed by atoms with Gasteiger partial charge in [0.05, 0.1) is 29.5 Å². The summed E-state index contributed by atoms with van der Waals surface area (Å²) in [6.07, 6.45) is 2.65. The predicted molar refractivity (Wildman–Crippen MR) is 99.1 cm³/mol. The Morgan fingerprint density at radius 2 is 2.00 bits per heavy atom. The lowest BCUT2D eigenvalue weighted by Crippen LogP contribution is -2.41. The second kappa shape index (κ2) is 6.96. The fraction of sp³-hybridized carbons (Fsp3) is 0.400. The Labute approximate surface area is 169 Å². The average Bonchev–Trinajstić information content (AvgIpc) is 3.25. The van der Waals surface area contributed by atoms with Gasteiger partial charge in [-0.2, -0.15) is 18.3 Å². The summed E-state index contributed by atoms with van der Waals surface area (Å²) >= 11 is 0. The third kappa shape index (κ3) is 3.25. The van der Waals surface area contributed by atoms with Crippen molar-refractivity contribution in [1.82, 2.24) is 24.3 Å². The van der Waals surface area contributed by atoms with Crippen LogP contribution in [0, 0.1) is 0 Å². The molecule has 1 saturated carbocycles. The monoisotopic (exact) mass is 417 g/mol. The summed E-state index contributed by atoms with van der Waals surface area (Å²) in [7, 11) is 0. The fourth-order valence-electron chi connectivity index (χ4n) is 4.09. The molecule has 0 bridgehead atoms. The van der Waals surface area contributed by atoms with Crippen LogP contribution in [-0.4, -0.2) is 30.4 Å². The molecule has 2 aliphatic rings. The molecular formula is C20H18F3N5O2. The SMILES string of the molecule is O=c1n(C2CC(Oc3cccc(C(F)(F)F)c3)C2)nc2n1[C@H](c1cnccn1)CC2. The smallest absolute Gasteiger partial charge is 0.416 e. The Hall–Kier alpha value is -3.17. The summed E-state index contributed by atoms with van der Waals surface area (Å²) in [5, 5.41) is 4.49. The van der Waals surface area contributed by atoms with E-state index in [1.807, 2.05) is 0 Å². The van der Waals surface area contributed by atoms with Gasteiger partial charge in [0.25, 0.3) is 0 Å². The number of fused-ring (bicyclic) bond motifs is 1. The molecule has 1 aliphatic carbocycles. The molecule has 0 amide bonds. The molecule has 1 aromatic carbocycles. The molecule has 7 nitrogen and oxygen atoms in total. The van der Waals surface area contributed by atoms with E-state index in [0.717, 1.165) is 30.1 Å². The molecule has 3 heterocycles. The first-order valence-corrected chi connectivity index (χ1v) is 9.70. The van der Waals surface area contributed by atoms with Crippen molar-refractivity contribution in [2.75, 3.05) is 0 Å². The van der Waals surface area contributed by atoms with Crippen molar-refractivity contribution in [3.8, 4) is 5.75 Å². The van der Waals surface area contributed by atoms with Gasteiger partial charge in [0.1, 0.15) is 17.7 Å². The first-order valence-electron chi connectivity index (χ1n) is 9.70. The topological polar surface area (TPSA) is 74.8 Å². The molecule has 1 aliphatic heterocycles. The second-order valence-corrected chi connectivity index (χ2v) is 7.59. The van der Waals surface area contributed by atoms with Crippen LogP contribution in [0.3, 0.4) is 0 Å². The molecule has 0 unspecified atom stereocenters. The van der Waals surface area contributed by atoms with E-state index in [1.54, 1.807) is 23.2 Å². The minimum absolute atomic E-state index is 0.131. The zero-order chi connectivity index (χ0) is 20.9. The zero-order valence-corrected chi connectivity index (χ0v) is 15.8. The summed E-state index contributed by atoms with van der Waals surface area (Å²) in [6.45, 7) is 0. The number of hydrogen-bond donors (Lipinski definition) is 0. The van der Waals surface area contributed by atoms with E-state index >= 15 is 0 Å². The number of benzene rings is 1. The van der Waals surface area contributed by atoms with Crippen LogP contribution in [-0.2, 0) is 12.6 Å². The molecule has 3 aromatic rings. The van der Waals surface area contributed by atoms with E-state index in [4.69, 9.17) is 4.74 Å². The predicted octanol–water partition coefficient (Wildman–Crippen LogP) is 3.17. The van der Waals surface area contributed by atoms with E-state index in [1.165, 1.54) is 16.8 Å². The Balaban J connectivity index is 1.28. The van der Waals surface area contributed by atoms with Crippen LogP contribution in [0.1, 0.15) is 48.4 Å². The molecule has 0 N–H and O–H groups in total. The maximum Gasteiger partial charge on any atom is 0.416 e. The second-order valence-electron chi connectivity index (χ2n) is 7.59. The van der Waals surface area contributed by atoms with Crippen LogP contribution >= 0.6 is 0 Å². The van der Waals surface area contributed by atoms with Gasteiger partial charge >= 0.3 is 11.9 Å². The highest BCUT2D eigenvalue weighted by Crippen LogP contribution is 2.37. The summed E-state index contributed by atoms with van der Waals surface area (Å²) in [5.74, 6) is 0.897. The van der Waals surface area contributed by atoms with Gasteiger partial charge in [-0.15, -0.1) is 0 Å². The number of nitrogens with zero attached hydrogens (tertiary/aromatic N) is 5. The van der Waals surface area contributed by atoms with Crippen molar-refractivity contribution in [3.05, 3.63) is 70.4 Å². The fourth-order valence-corrected chi connectivity index (χ4v) is 4.09. The van der Waals surface area contributed by atoms with Crippen LogP contribution in [0.4, 0.5) is 13.2 Å². The molecule has 10 heteroatoms. The maximum absolute atomic E-state index is 12.9. The van der Waals surface area contributed by atoms with Crippen molar-refractivity contribution in [2.24, 2.45) is 0 Å². The van der Waals surface area contributed by atoms with E-state index in [9.17, 15) is 18.0 Å². The maximum atomic E-state index is 12.9. The Morgan fingerprint density at radius 1 is 1.17 bits per heavy atom. The molecule has 0 spiro atoms. The van der Waals surface area contributed by atoms with E-state index in [-0.39, 0.29) is 29.6 Å². The number of aromatic nitrogens is 5. The number of aryl methyl sites for hydroxylation is 1. The van der Waals surface area contributed by atoms with Crippen LogP contribution in [0.15, 0.2) is 47.7 Å². The van der Waals surface area contributed by atoms with Gasteiger partial charge in [-0.3, -0.25) is 14.5 Å². The number of rotatable bonds is 4. The first-order chi connectivity index (χ1) is 14.4. The minimum atomic E-state index is -4.41. The quantitative estimate of drug-likeness (QED) is 0.652. The van der Waals surface area contributed by atoms with Crippen molar-refractivity contribution in [1.29, 1.82) is 0 Å². The lowest BCUT2D eigenvalue weighted by atomic mass is 9.89. The van der Waals surface area contributed by atoms with Gasteiger partial charge in [-0.05, 0) is 24.6 Å². The van der Waals surface area contributed by atoms with Gasteiger partial charge < -0.3 is 4.74 Å². The van der Waals surface area contributed by atoms with Crippen LogP contribution in [0.5, 0.6) is 5.75 Å². The van der Waals surface area contributed by atoms with E-state index in [0.29, 0.717) is 19.3 Å². The van der Waals surface area contributed by atoms with Gasteiger partial charge in [-0.1, -0.05) is 6.07 Å². The van der Waals surface area contributed by atoms with Crippen molar-refractivity contribution in [3.63, 3.8) is 0 Å². The van der Waals surface area contributed by atoms with E-state index in [2.05, 4.69) is 15.1 Å². The number of halogens is 3. The van der Waals surface area contributed by atoms with Gasteiger partial charge in [0.15, 0.2) is 0 Å². The van der Waals surface area contributed by atoms with Crippen LogP contribution < -0.4 is 10.4 Å². The summed E-state index contributed by atoms with van der Waals surface area (Å²) in [6, 6.07) is 4.53. The Kier molecular flexibility index (Phi) is 4.37. The summed E-state index contributed by atoms with van der Waals surface area (Å²) in [5.41, 5.74) is -0.203. The van der Waals surface area contributed by atoms with Gasteiger partial charge in [0.2, 0.25) is 0 Å². The zero-order valence-electron chi connectivity index (χ0n) is 15.8. The average molecular weight is 417 g/mol. The van der Waals surface area contributed by atoms with Crippen LogP contribution in [0.25, 0.3) is 0 Å². The van der Waals surface area contributed by atoms with Crippen molar-refractivity contribution < 1.29 is 17.9 Å². The largest absolute Gasteiger partial charge is 0.490 e. The normalized spacial score (nSPS) is 23.1. The van der Waals surface area contributed by atoms with Crippen molar-refractivity contribution in [2.45, 2.75) is 50.0 Å². The highest BCUT2D eigenvalue weighted by atomic mass is 19.4. The Morgan fingerprint density at radius 3 is 2.73 bits per heavy atom. The highest BCUT2D eigenvalue weighted by Gasteiger charge is 2.38. The minimum Gasteiger partial charge on any atom is -0.490 e. The first kappa shape index (κ1) is 18.8. The number of ether oxygens (including phenoxy) is 1. The third-order valence-corrected chi connectivity index (χ3v) is 5.66. The number of hydrogen-bond acceptors (Lipinski definition) is 5. The molecular weight excluding hydrogens is 399 g/mol. The molecule has 156 valence electrons. The third-order valence-electron chi connectivity index (χ3n) is 5.66.